The van der Waals surface area contributed by atoms with Gasteiger partial charge in [0.2, 0.25) is 0 Å². The lowest BCUT2D eigenvalue weighted by Crippen LogP contribution is -2.26. The summed E-state index contributed by atoms with van der Waals surface area (Å²) in [5.41, 5.74) is 6.02. The Hall–Kier alpha value is -3.37. The summed E-state index contributed by atoms with van der Waals surface area (Å²) in [5.74, 6) is 0.265. The number of aryl methyl sites for hydroxylation is 1. The standard InChI is InChI=1S/C24H21ClN2O2/c1-18-16-21(25)13-15-23(18)29-17-24(28)27-26-22(20-10-6-3-7-11-20)14-12-19-8-4-2-5-9-19/h2-16H,17H2,1H3,(H,27,28)/b14-12+,26-22-. The van der Waals surface area contributed by atoms with E-state index in [0.717, 1.165) is 16.7 Å². The SMILES string of the molecule is Cc1cc(Cl)ccc1OCC(=O)N/N=C(/C=C/c1ccccc1)c1ccccc1. The maximum atomic E-state index is 12.2. The Bertz CT molecular complexity index is 1020. The summed E-state index contributed by atoms with van der Waals surface area (Å²) < 4.78 is 5.56. The molecule has 0 saturated carbocycles. The van der Waals surface area contributed by atoms with E-state index in [0.29, 0.717) is 16.5 Å². The van der Waals surface area contributed by atoms with Crippen LogP contribution in [0.3, 0.4) is 0 Å². The fraction of sp³-hybridized carbons (Fsp3) is 0.0833. The Morgan fingerprint density at radius 3 is 2.41 bits per heavy atom. The molecule has 0 atom stereocenters. The predicted molar refractivity (Wildman–Crippen MR) is 118 cm³/mol. The van der Waals surface area contributed by atoms with Crippen LogP contribution in [0.1, 0.15) is 16.7 Å². The van der Waals surface area contributed by atoms with E-state index in [1.165, 1.54) is 0 Å². The average Bonchev–Trinajstić information content (AvgIpc) is 2.74. The molecule has 29 heavy (non-hydrogen) atoms. The van der Waals surface area contributed by atoms with E-state index in [9.17, 15) is 4.79 Å². The largest absolute Gasteiger partial charge is 0.483 e. The molecule has 0 bridgehead atoms. The van der Waals surface area contributed by atoms with Crippen molar-refractivity contribution < 1.29 is 9.53 Å². The minimum Gasteiger partial charge on any atom is -0.483 e. The average molecular weight is 405 g/mol. The zero-order valence-electron chi connectivity index (χ0n) is 16.0. The highest BCUT2D eigenvalue weighted by Crippen LogP contribution is 2.21. The summed E-state index contributed by atoms with van der Waals surface area (Å²) in [7, 11) is 0. The van der Waals surface area contributed by atoms with E-state index in [1.807, 2.05) is 79.7 Å². The summed E-state index contributed by atoms with van der Waals surface area (Å²) in [6.07, 6.45) is 3.82. The topological polar surface area (TPSA) is 50.7 Å². The number of amides is 1. The highest BCUT2D eigenvalue weighted by molar-refractivity contribution is 6.30. The zero-order chi connectivity index (χ0) is 20.5. The number of nitrogens with one attached hydrogen (secondary N) is 1. The molecule has 5 heteroatoms. The Kier molecular flexibility index (Phi) is 7.20. The molecule has 0 fully saturated rings. The minimum absolute atomic E-state index is 0.142. The third-order valence-electron chi connectivity index (χ3n) is 4.10. The lowest BCUT2D eigenvalue weighted by Gasteiger charge is -2.09. The number of benzene rings is 3. The predicted octanol–water partition coefficient (Wildman–Crippen LogP) is 5.26. The van der Waals surface area contributed by atoms with Gasteiger partial charge in [-0.25, -0.2) is 5.43 Å². The molecule has 146 valence electrons. The van der Waals surface area contributed by atoms with Gasteiger partial charge in [-0.05, 0) is 42.3 Å². The molecule has 0 aliphatic heterocycles. The number of hydrazone groups is 1. The first-order chi connectivity index (χ1) is 14.1. The minimum atomic E-state index is -0.346. The molecule has 0 unspecified atom stereocenters. The normalized spacial score (nSPS) is 11.4. The summed E-state index contributed by atoms with van der Waals surface area (Å²) in [5, 5.41) is 4.91. The maximum Gasteiger partial charge on any atom is 0.277 e. The summed E-state index contributed by atoms with van der Waals surface area (Å²) in [4.78, 5) is 12.2. The van der Waals surface area contributed by atoms with Crippen LogP contribution < -0.4 is 10.2 Å². The molecule has 0 aromatic heterocycles. The second-order valence-corrected chi connectivity index (χ2v) is 6.78. The molecule has 0 saturated heterocycles. The van der Waals surface area contributed by atoms with Crippen LogP contribution in [0.5, 0.6) is 5.75 Å². The molecular weight excluding hydrogens is 384 g/mol. The Morgan fingerprint density at radius 1 is 1.03 bits per heavy atom. The fourth-order valence-electron chi connectivity index (χ4n) is 2.62. The first-order valence-electron chi connectivity index (χ1n) is 9.16. The number of rotatable bonds is 7. The summed E-state index contributed by atoms with van der Waals surface area (Å²) >= 11 is 5.94. The van der Waals surface area contributed by atoms with E-state index in [-0.39, 0.29) is 12.5 Å². The van der Waals surface area contributed by atoms with E-state index >= 15 is 0 Å². The van der Waals surface area contributed by atoms with Gasteiger partial charge >= 0.3 is 0 Å². The van der Waals surface area contributed by atoms with Crippen LogP contribution >= 0.6 is 11.6 Å². The van der Waals surface area contributed by atoms with Gasteiger partial charge in [-0.1, -0.05) is 78.3 Å². The quantitative estimate of drug-likeness (QED) is 0.431. The second kappa shape index (κ2) is 10.2. The van der Waals surface area contributed by atoms with Crippen molar-refractivity contribution in [2.75, 3.05) is 6.61 Å². The number of nitrogens with zero attached hydrogens (tertiary/aromatic N) is 1. The van der Waals surface area contributed by atoms with Gasteiger partial charge in [-0.2, -0.15) is 5.10 Å². The third-order valence-corrected chi connectivity index (χ3v) is 4.33. The summed E-state index contributed by atoms with van der Waals surface area (Å²) in [6.45, 7) is 1.73. The van der Waals surface area contributed by atoms with Crippen molar-refractivity contribution in [2.24, 2.45) is 5.10 Å². The van der Waals surface area contributed by atoms with Gasteiger partial charge in [0.1, 0.15) is 5.75 Å². The third kappa shape index (κ3) is 6.33. The Balaban J connectivity index is 1.68. The molecule has 0 radical (unpaired) electrons. The van der Waals surface area contributed by atoms with Crippen LogP contribution in [0.15, 0.2) is 90.0 Å². The van der Waals surface area contributed by atoms with Crippen molar-refractivity contribution in [1.82, 2.24) is 5.43 Å². The van der Waals surface area contributed by atoms with E-state index in [4.69, 9.17) is 16.3 Å². The number of hydrogen-bond acceptors (Lipinski definition) is 3. The van der Waals surface area contributed by atoms with E-state index < -0.39 is 0 Å². The molecule has 3 aromatic carbocycles. The van der Waals surface area contributed by atoms with Gasteiger partial charge in [-0.3, -0.25) is 4.79 Å². The van der Waals surface area contributed by atoms with Gasteiger partial charge < -0.3 is 4.74 Å². The molecule has 1 N–H and O–H groups in total. The molecule has 3 rings (SSSR count). The molecule has 0 spiro atoms. The van der Waals surface area contributed by atoms with Crippen molar-refractivity contribution in [3.05, 3.63) is 107 Å². The molecule has 0 heterocycles. The number of carbonyl (C=O) groups is 1. The monoisotopic (exact) mass is 404 g/mol. The Labute approximate surface area is 175 Å². The fourth-order valence-corrected chi connectivity index (χ4v) is 2.85. The molecule has 1 amide bonds. The van der Waals surface area contributed by atoms with Gasteiger partial charge in [0.25, 0.3) is 5.91 Å². The van der Waals surface area contributed by atoms with Crippen LogP contribution in [0.4, 0.5) is 0 Å². The van der Waals surface area contributed by atoms with Crippen LogP contribution in [-0.2, 0) is 4.79 Å². The molecule has 0 aliphatic carbocycles. The number of ether oxygens (including phenoxy) is 1. The first kappa shape index (κ1) is 20.4. The number of hydrogen-bond donors (Lipinski definition) is 1. The molecule has 4 nitrogen and oxygen atoms in total. The van der Waals surface area contributed by atoms with Crippen LogP contribution in [0.2, 0.25) is 5.02 Å². The van der Waals surface area contributed by atoms with Gasteiger partial charge in [0, 0.05) is 10.6 Å². The van der Waals surface area contributed by atoms with Crippen molar-refractivity contribution >= 4 is 29.3 Å². The Morgan fingerprint density at radius 2 is 1.72 bits per heavy atom. The van der Waals surface area contributed by atoms with Crippen molar-refractivity contribution in [2.45, 2.75) is 6.92 Å². The second-order valence-electron chi connectivity index (χ2n) is 6.34. The highest BCUT2D eigenvalue weighted by Gasteiger charge is 2.06. The number of allylic oxidation sites excluding steroid dienone is 1. The number of halogens is 1. The van der Waals surface area contributed by atoms with E-state index in [1.54, 1.807) is 18.2 Å². The van der Waals surface area contributed by atoms with E-state index in [2.05, 4.69) is 10.5 Å². The van der Waals surface area contributed by atoms with Gasteiger partial charge in [-0.15, -0.1) is 0 Å². The first-order valence-corrected chi connectivity index (χ1v) is 9.53. The molecule has 3 aromatic rings. The van der Waals surface area contributed by atoms with Crippen LogP contribution in [-0.4, -0.2) is 18.2 Å². The zero-order valence-corrected chi connectivity index (χ0v) is 16.8. The van der Waals surface area contributed by atoms with Crippen molar-refractivity contribution in [1.29, 1.82) is 0 Å². The maximum absolute atomic E-state index is 12.2. The molecular formula is C24H21ClN2O2. The molecule has 0 aliphatic rings. The lowest BCUT2D eigenvalue weighted by molar-refractivity contribution is -0.123. The van der Waals surface area contributed by atoms with Crippen LogP contribution in [0.25, 0.3) is 6.08 Å². The van der Waals surface area contributed by atoms with Crippen molar-refractivity contribution in [3.63, 3.8) is 0 Å². The van der Waals surface area contributed by atoms with Gasteiger partial charge in [0.05, 0.1) is 5.71 Å². The smallest absolute Gasteiger partial charge is 0.277 e. The summed E-state index contributed by atoms with van der Waals surface area (Å²) in [6, 6.07) is 24.8. The van der Waals surface area contributed by atoms with Crippen molar-refractivity contribution in [3.8, 4) is 5.75 Å². The highest BCUT2D eigenvalue weighted by atomic mass is 35.5. The van der Waals surface area contributed by atoms with Crippen LogP contribution in [0, 0.1) is 6.92 Å². The van der Waals surface area contributed by atoms with Gasteiger partial charge in [0.15, 0.2) is 6.61 Å². The number of carbonyl (C=O) groups excluding carboxylic acids is 1. The lowest BCUT2D eigenvalue weighted by atomic mass is 10.1.